The summed E-state index contributed by atoms with van der Waals surface area (Å²) in [4.78, 5) is 0. The van der Waals surface area contributed by atoms with Gasteiger partial charge in [-0.15, -0.1) is 0 Å². The van der Waals surface area contributed by atoms with Crippen LogP contribution in [-0.2, 0) is 10.2 Å². The van der Waals surface area contributed by atoms with Crippen molar-refractivity contribution in [2.75, 3.05) is 20.3 Å². The summed E-state index contributed by atoms with van der Waals surface area (Å²) in [7, 11) is 1.68. The van der Waals surface area contributed by atoms with E-state index in [1.807, 2.05) is 18.2 Å². The first-order valence-electron chi connectivity index (χ1n) is 6.29. The maximum atomic E-state index is 5.91. The van der Waals surface area contributed by atoms with Gasteiger partial charge >= 0.3 is 0 Å². The van der Waals surface area contributed by atoms with E-state index in [1.54, 1.807) is 7.11 Å². The van der Waals surface area contributed by atoms with Crippen LogP contribution in [0.25, 0.3) is 0 Å². The molecule has 1 unspecified atom stereocenters. The molecule has 100 valence electrons. The van der Waals surface area contributed by atoms with Gasteiger partial charge in [-0.3, -0.25) is 0 Å². The van der Waals surface area contributed by atoms with Gasteiger partial charge in [0, 0.05) is 5.56 Å². The van der Waals surface area contributed by atoms with Crippen LogP contribution in [0.2, 0.25) is 0 Å². The highest BCUT2D eigenvalue weighted by Gasteiger charge is 2.40. The van der Waals surface area contributed by atoms with Gasteiger partial charge in [0.05, 0.1) is 13.7 Å². The largest absolute Gasteiger partial charge is 0.497 e. The van der Waals surface area contributed by atoms with E-state index in [4.69, 9.17) is 14.2 Å². The molecule has 0 aromatic heterocycles. The second kappa shape index (κ2) is 4.47. The molecule has 3 heteroatoms. The smallest absolute Gasteiger partial charge is 0.123 e. The maximum Gasteiger partial charge on any atom is 0.123 e. The molecule has 0 N–H and O–H groups in total. The van der Waals surface area contributed by atoms with E-state index >= 15 is 0 Å². The molecule has 1 saturated heterocycles. The third-order valence-corrected chi connectivity index (χ3v) is 3.16. The fraction of sp³-hybridized carbons (Fsp3) is 0.600. The molecule has 18 heavy (non-hydrogen) atoms. The van der Waals surface area contributed by atoms with Crippen molar-refractivity contribution in [3.8, 4) is 11.5 Å². The van der Waals surface area contributed by atoms with Crippen molar-refractivity contribution in [3.63, 3.8) is 0 Å². The Labute approximate surface area is 109 Å². The van der Waals surface area contributed by atoms with Crippen LogP contribution in [0.1, 0.15) is 33.3 Å². The fourth-order valence-corrected chi connectivity index (χ4v) is 1.78. The molecular weight excluding hydrogens is 228 g/mol. The minimum atomic E-state index is -0.0882. The Balaban J connectivity index is 2.22. The molecule has 3 nitrogen and oxygen atoms in total. The first-order chi connectivity index (χ1) is 8.34. The molecular formula is C15H22O3. The van der Waals surface area contributed by atoms with Crippen LogP contribution in [0.5, 0.6) is 11.5 Å². The van der Waals surface area contributed by atoms with Crippen molar-refractivity contribution in [1.29, 1.82) is 0 Å². The van der Waals surface area contributed by atoms with Crippen molar-refractivity contribution in [2.45, 2.75) is 38.7 Å². The van der Waals surface area contributed by atoms with E-state index in [-0.39, 0.29) is 11.0 Å². The van der Waals surface area contributed by atoms with Crippen LogP contribution in [0, 0.1) is 0 Å². The standard InChI is InChI=1S/C15H22O3/c1-14(2,3)12-8-11(16-5)6-7-13(12)17-9-15(4)10-18-15/h6-8H,9-10H2,1-5H3. The van der Waals surface area contributed by atoms with Crippen LogP contribution < -0.4 is 9.47 Å². The highest BCUT2D eigenvalue weighted by atomic mass is 16.6. The van der Waals surface area contributed by atoms with Crippen LogP contribution in [-0.4, -0.2) is 25.9 Å². The first kappa shape index (κ1) is 13.2. The third-order valence-electron chi connectivity index (χ3n) is 3.16. The molecule has 1 aromatic carbocycles. The molecule has 0 saturated carbocycles. The predicted octanol–water partition coefficient (Wildman–Crippen LogP) is 3.16. The van der Waals surface area contributed by atoms with E-state index < -0.39 is 0 Å². The third kappa shape index (κ3) is 2.96. The number of hydrogen-bond acceptors (Lipinski definition) is 3. The summed E-state index contributed by atoms with van der Waals surface area (Å²) in [5.74, 6) is 1.78. The Morgan fingerprint density at radius 1 is 1.33 bits per heavy atom. The van der Waals surface area contributed by atoms with Crippen LogP contribution in [0.4, 0.5) is 0 Å². The fourth-order valence-electron chi connectivity index (χ4n) is 1.78. The molecule has 1 fully saturated rings. The number of ether oxygens (including phenoxy) is 3. The van der Waals surface area contributed by atoms with Gasteiger partial charge in [0.15, 0.2) is 0 Å². The van der Waals surface area contributed by atoms with E-state index in [1.165, 1.54) is 0 Å². The molecule has 1 atom stereocenters. The number of rotatable bonds is 4. The quantitative estimate of drug-likeness (QED) is 0.769. The average molecular weight is 250 g/mol. The number of benzene rings is 1. The highest BCUT2D eigenvalue weighted by molar-refractivity contribution is 5.44. The van der Waals surface area contributed by atoms with Gasteiger partial charge in [-0.25, -0.2) is 0 Å². The van der Waals surface area contributed by atoms with Crippen molar-refractivity contribution >= 4 is 0 Å². The van der Waals surface area contributed by atoms with Gasteiger partial charge in [-0.2, -0.15) is 0 Å². The lowest BCUT2D eigenvalue weighted by Gasteiger charge is -2.24. The molecule has 1 aliphatic rings. The van der Waals surface area contributed by atoms with Crippen molar-refractivity contribution in [2.24, 2.45) is 0 Å². The molecule has 0 bridgehead atoms. The lowest BCUT2D eigenvalue weighted by atomic mass is 9.86. The Morgan fingerprint density at radius 2 is 2.00 bits per heavy atom. The summed E-state index contributed by atoms with van der Waals surface area (Å²) in [5, 5.41) is 0. The Kier molecular flexibility index (Phi) is 3.28. The topological polar surface area (TPSA) is 31.0 Å². The number of hydrogen-bond donors (Lipinski definition) is 0. The summed E-state index contributed by atoms with van der Waals surface area (Å²) in [6, 6.07) is 5.96. The van der Waals surface area contributed by atoms with Gasteiger partial charge in [0.2, 0.25) is 0 Å². The SMILES string of the molecule is COc1ccc(OCC2(C)CO2)c(C(C)(C)C)c1. The summed E-state index contributed by atoms with van der Waals surface area (Å²) in [6.07, 6.45) is 0. The molecule has 0 aliphatic carbocycles. The summed E-state index contributed by atoms with van der Waals surface area (Å²) in [5.41, 5.74) is 1.09. The van der Waals surface area contributed by atoms with E-state index in [0.717, 1.165) is 23.7 Å². The predicted molar refractivity (Wildman–Crippen MR) is 71.5 cm³/mol. The molecule has 0 radical (unpaired) electrons. The van der Waals surface area contributed by atoms with Crippen LogP contribution in [0.15, 0.2) is 18.2 Å². The highest BCUT2D eigenvalue weighted by Crippen LogP contribution is 2.36. The summed E-state index contributed by atoms with van der Waals surface area (Å²) < 4.78 is 16.5. The van der Waals surface area contributed by atoms with Gasteiger partial charge in [0.25, 0.3) is 0 Å². The molecule has 1 aliphatic heterocycles. The molecule has 0 spiro atoms. The molecule has 1 aromatic rings. The monoisotopic (exact) mass is 250 g/mol. The maximum absolute atomic E-state index is 5.91. The van der Waals surface area contributed by atoms with Gasteiger partial charge in [0.1, 0.15) is 23.7 Å². The van der Waals surface area contributed by atoms with Crippen molar-refractivity contribution < 1.29 is 14.2 Å². The van der Waals surface area contributed by atoms with E-state index in [2.05, 4.69) is 27.7 Å². The minimum Gasteiger partial charge on any atom is -0.497 e. The van der Waals surface area contributed by atoms with Crippen molar-refractivity contribution in [1.82, 2.24) is 0 Å². The second-order valence-electron chi connectivity index (χ2n) is 6.14. The summed E-state index contributed by atoms with van der Waals surface area (Å²) >= 11 is 0. The van der Waals surface area contributed by atoms with Crippen LogP contribution >= 0.6 is 0 Å². The zero-order valence-corrected chi connectivity index (χ0v) is 11.9. The number of methoxy groups -OCH3 is 1. The molecule has 0 amide bonds. The average Bonchev–Trinajstić information content (AvgIpc) is 3.04. The van der Waals surface area contributed by atoms with Gasteiger partial charge in [-0.1, -0.05) is 20.8 Å². The lowest BCUT2D eigenvalue weighted by Crippen LogP contribution is -2.20. The zero-order chi connectivity index (χ0) is 13.4. The molecule has 1 heterocycles. The Hall–Kier alpha value is -1.22. The van der Waals surface area contributed by atoms with Gasteiger partial charge in [-0.05, 0) is 30.5 Å². The minimum absolute atomic E-state index is 0.0230. The lowest BCUT2D eigenvalue weighted by molar-refractivity contribution is 0.199. The second-order valence-corrected chi connectivity index (χ2v) is 6.14. The van der Waals surface area contributed by atoms with E-state index in [9.17, 15) is 0 Å². The van der Waals surface area contributed by atoms with E-state index in [0.29, 0.717) is 6.61 Å². The Bertz CT molecular complexity index is 428. The molecule has 2 rings (SSSR count). The van der Waals surface area contributed by atoms with Crippen molar-refractivity contribution in [3.05, 3.63) is 23.8 Å². The van der Waals surface area contributed by atoms with Gasteiger partial charge < -0.3 is 14.2 Å². The normalized spacial score (nSPS) is 22.7. The Morgan fingerprint density at radius 3 is 2.50 bits per heavy atom. The number of epoxide rings is 1. The van der Waals surface area contributed by atoms with Crippen LogP contribution in [0.3, 0.4) is 0 Å². The first-order valence-corrected chi connectivity index (χ1v) is 6.29. The summed E-state index contributed by atoms with van der Waals surface area (Å²) in [6.45, 7) is 9.96. The zero-order valence-electron chi connectivity index (χ0n) is 11.9.